The van der Waals surface area contributed by atoms with Crippen molar-refractivity contribution in [3.05, 3.63) is 120 Å². The number of sulfonamides is 1. The van der Waals surface area contributed by atoms with E-state index in [1.54, 1.807) is 31.2 Å². The summed E-state index contributed by atoms with van der Waals surface area (Å²) in [6, 6.07) is 25.8. The van der Waals surface area contributed by atoms with Crippen LogP contribution in [0.1, 0.15) is 61.3 Å². The van der Waals surface area contributed by atoms with E-state index in [9.17, 15) is 18.3 Å². The molecule has 0 aliphatic heterocycles. The molecule has 11 nitrogen and oxygen atoms in total. The Kier molecular flexibility index (Phi) is 13.0. The van der Waals surface area contributed by atoms with Gasteiger partial charge in [0.1, 0.15) is 11.5 Å². The van der Waals surface area contributed by atoms with Gasteiger partial charge in [-0.25, -0.2) is 13.4 Å². The molecule has 0 aliphatic carbocycles. The van der Waals surface area contributed by atoms with E-state index in [1.165, 1.54) is 10.5 Å². The number of aromatic nitrogens is 3. The molecule has 0 saturated heterocycles. The van der Waals surface area contributed by atoms with Crippen LogP contribution in [0.2, 0.25) is 0 Å². The molecule has 0 aliphatic rings. The summed E-state index contributed by atoms with van der Waals surface area (Å²) in [6.45, 7) is 5.29. The van der Waals surface area contributed by atoms with Crippen LogP contribution in [0.5, 0.6) is 17.4 Å². The molecule has 0 bridgehead atoms. The number of rotatable bonds is 19. The molecular weight excluding hydrogens is 681 g/mol. The molecule has 0 fully saturated rings. The minimum absolute atomic E-state index is 0.0646. The lowest BCUT2D eigenvalue weighted by atomic mass is 9.89. The second-order valence-electron chi connectivity index (χ2n) is 12.8. The summed E-state index contributed by atoms with van der Waals surface area (Å²) in [7, 11) is -0.753. The molecule has 3 aromatic carbocycles. The number of benzene rings is 3. The number of aliphatic carboxylic acids is 1. The fourth-order valence-corrected chi connectivity index (χ4v) is 7.61. The molecule has 2 aromatic heterocycles. The van der Waals surface area contributed by atoms with Crippen LogP contribution in [0.15, 0.2) is 102 Å². The second-order valence-corrected chi connectivity index (χ2v) is 14.6. The topological polar surface area (TPSA) is 133 Å². The first-order valence-corrected chi connectivity index (χ1v) is 18.7. The average molecular weight is 727 g/mol. The average Bonchev–Trinajstić information content (AvgIpc) is 3.63. The molecule has 0 saturated carbocycles. The second kappa shape index (κ2) is 17.8. The first-order chi connectivity index (χ1) is 25.1. The van der Waals surface area contributed by atoms with Gasteiger partial charge in [0.05, 0.1) is 33.4 Å². The van der Waals surface area contributed by atoms with Crippen LogP contribution in [0.25, 0.3) is 11.1 Å². The van der Waals surface area contributed by atoms with Gasteiger partial charge in [-0.15, -0.1) is 0 Å². The van der Waals surface area contributed by atoms with Gasteiger partial charge in [0.15, 0.2) is 5.03 Å². The molecular formula is C40H46N4O7S. The third-order valence-electron chi connectivity index (χ3n) is 8.79. The maximum Gasteiger partial charge on any atom is 0.307 e. The highest BCUT2D eigenvalue weighted by Crippen LogP contribution is 2.32. The summed E-state index contributed by atoms with van der Waals surface area (Å²) in [6.07, 6.45) is 5.32. The quantitative estimate of drug-likeness (QED) is 0.0868. The maximum absolute atomic E-state index is 14.2. The highest BCUT2D eigenvalue weighted by molar-refractivity contribution is 7.89. The largest absolute Gasteiger partial charge is 0.497 e. The van der Waals surface area contributed by atoms with Crippen molar-refractivity contribution in [2.24, 2.45) is 0 Å². The van der Waals surface area contributed by atoms with Crippen molar-refractivity contribution in [1.82, 2.24) is 19.1 Å². The lowest BCUT2D eigenvalue weighted by Gasteiger charge is -2.23. The summed E-state index contributed by atoms with van der Waals surface area (Å²) >= 11 is 0. The molecule has 52 heavy (non-hydrogen) atoms. The third-order valence-corrected chi connectivity index (χ3v) is 10.6. The highest BCUT2D eigenvalue weighted by Gasteiger charge is 2.28. The Hall–Kier alpha value is -5.20. The zero-order valence-electron chi connectivity index (χ0n) is 30.1. The highest BCUT2D eigenvalue weighted by atomic mass is 32.2. The molecule has 5 rings (SSSR count). The van der Waals surface area contributed by atoms with Crippen LogP contribution >= 0.6 is 0 Å². The van der Waals surface area contributed by atoms with Gasteiger partial charge in [0.25, 0.3) is 10.0 Å². The minimum Gasteiger partial charge on any atom is -0.497 e. The minimum atomic E-state index is -3.94. The Labute approximate surface area is 305 Å². The van der Waals surface area contributed by atoms with Crippen molar-refractivity contribution in [2.75, 3.05) is 20.8 Å². The molecule has 5 aromatic rings. The van der Waals surface area contributed by atoms with Gasteiger partial charge in [-0.05, 0) is 95.0 Å². The van der Waals surface area contributed by atoms with Gasteiger partial charge in [-0.3, -0.25) is 9.48 Å². The lowest BCUT2D eigenvalue weighted by molar-refractivity contribution is -0.136. The predicted molar refractivity (Wildman–Crippen MR) is 199 cm³/mol. The number of aryl methyl sites for hydroxylation is 1. The number of methoxy groups -OCH3 is 2. The fourth-order valence-electron chi connectivity index (χ4n) is 6.07. The lowest BCUT2D eigenvalue weighted by Crippen LogP contribution is -2.32. The van der Waals surface area contributed by atoms with Crippen molar-refractivity contribution in [2.45, 2.75) is 70.1 Å². The number of carboxylic acid groups (broad SMARTS) is 1. The number of carboxylic acids is 1. The summed E-state index contributed by atoms with van der Waals surface area (Å²) in [5.74, 6) is 1.16. The van der Waals surface area contributed by atoms with Gasteiger partial charge in [-0.2, -0.15) is 9.40 Å². The van der Waals surface area contributed by atoms with E-state index in [4.69, 9.17) is 14.2 Å². The van der Waals surface area contributed by atoms with E-state index >= 15 is 0 Å². The third kappa shape index (κ3) is 9.77. The summed E-state index contributed by atoms with van der Waals surface area (Å²) in [5.41, 5.74) is 5.17. The van der Waals surface area contributed by atoms with E-state index in [2.05, 4.69) is 23.9 Å². The molecule has 0 unspecified atom stereocenters. The van der Waals surface area contributed by atoms with Gasteiger partial charge in [0.2, 0.25) is 5.88 Å². The van der Waals surface area contributed by atoms with Crippen LogP contribution in [0, 0.1) is 0 Å². The number of hydrogen-bond donors (Lipinski definition) is 1. The van der Waals surface area contributed by atoms with Crippen molar-refractivity contribution in [1.29, 1.82) is 0 Å². The standard InChI is InChI=1S/C40H46N4O7S/c1-29(2)35-9-8-10-36(37(35)26-40(45)46)32-19-21-41-38(25-32)51-24-7-5-6-23-44-39(20-22-42-44)52(47,48)43(27-30-11-15-33(49-3)16-12-30)28-31-13-17-34(50-4)18-14-31/h8-22,25,29H,5-7,23-24,26-28H2,1-4H3,(H,45,46). The van der Waals surface area contributed by atoms with Gasteiger partial charge in [0, 0.05) is 31.9 Å². The van der Waals surface area contributed by atoms with Crippen LogP contribution in [-0.2, 0) is 40.9 Å². The monoisotopic (exact) mass is 726 g/mol. The Balaban J connectivity index is 1.21. The van der Waals surface area contributed by atoms with Crippen LogP contribution in [0.3, 0.4) is 0 Å². The van der Waals surface area contributed by atoms with Crippen LogP contribution < -0.4 is 14.2 Å². The molecule has 12 heteroatoms. The van der Waals surface area contributed by atoms with E-state index < -0.39 is 16.0 Å². The molecule has 0 atom stereocenters. The summed E-state index contributed by atoms with van der Waals surface area (Å²) in [4.78, 5) is 16.1. The Morgan fingerprint density at radius 3 is 2.10 bits per heavy atom. The van der Waals surface area contributed by atoms with Crippen molar-refractivity contribution in [3.63, 3.8) is 0 Å². The molecule has 0 amide bonds. The number of ether oxygens (including phenoxy) is 3. The van der Waals surface area contributed by atoms with E-state index in [0.717, 1.165) is 46.2 Å². The SMILES string of the molecule is COc1ccc(CN(Cc2ccc(OC)cc2)S(=O)(=O)c2ccnn2CCCCCOc2cc(-c3cccc(C(C)C)c3CC(=O)O)ccn2)cc1. The van der Waals surface area contributed by atoms with Gasteiger partial charge < -0.3 is 19.3 Å². The number of hydrogen-bond acceptors (Lipinski definition) is 8. The number of unbranched alkanes of at least 4 members (excludes halogenated alkanes) is 2. The number of carbonyl (C=O) groups is 1. The van der Waals surface area contributed by atoms with E-state index in [0.29, 0.717) is 37.0 Å². The fraction of sp³-hybridized carbons (Fsp3) is 0.325. The number of nitrogens with zero attached hydrogens (tertiary/aromatic N) is 4. The molecule has 274 valence electrons. The molecule has 1 N–H and O–H groups in total. The summed E-state index contributed by atoms with van der Waals surface area (Å²) in [5, 5.41) is 14.1. The smallest absolute Gasteiger partial charge is 0.307 e. The van der Waals surface area contributed by atoms with E-state index in [-0.39, 0.29) is 30.5 Å². The Morgan fingerprint density at radius 1 is 0.846 bits per heavy atom. The Morgan fingerprint density at radius 2 is 1.50 bits per heavy atom. The zero-order chi connectivity index (χ0) is 37.1. The van der Waals surface area contributed by atoms with Crippen molar-refractivity contribution < 1.29 is 32.5 Å². The molecule has 0 radical (unpaired) electrons. The Bertz CT molecular complexity index is 1980. The normalized spacial score (nSPS) is 11.6. The summed E-state index contributed by atoms with van der Waals surface area (Å²) < 4.78 is 47.9. The zero-order valence-corrected chi connectivity index (χ0v) is 30.9. The van der Waals surface area contributed by atoms with Gasteiger partial charge in [-0.1, -0.05) is 56.3 Å². The van der Waals surface area contributed by atoms with Gasteiger partial charge >= 0.3 is 5.97 Å². The van der Waals surface area contributed by atoms with E-state index in [1.807, 2.05) is 78.9 Å². The first kappa shape index (κ1) is 38.0. The van der Waals surface area contributed by atoms with Crippen LogP contribution in [-0.4, -0.2) is 59.4 Å². The maximum atomic E-state index is 14.2. The number of pyridine rings is 1. The van der Waals surface area contributed by atoms with Crippen molar-refractivity contribution >= 4 is 16.0 Å². The first-order valence-electron chi connectivity index (χ1n) is 17.3. The molecule has 2 heterocycles. The predicted octanol–water partition coefficient (Wildman–Crippen LogP) is 7.35. The van der Waals surface area contributed by atoms with Crippen molar-refractivity contribution in [3.8, 4) is 28.5 Å². The van der Waals surface area contributed by atoms with Crippen LogP contribution in [0.4, 0.5) is 0 Å². The molecule has 0 spiro atoms.